The molecule has 0 saturated heterocycles. The van der Waals surface area contributed by atoms with E-state index in [0.29, 0.717) is 0 Å². The minimum atomic E-state index is 0.751. The standard InChI is InChI=1S/C15H26N2/c1-5-13(3)12-17(4)15-9-7-14(8-10-15)11-16-6-2/h7-10,13,16H,5-6,11-12H2,1-4H3. The van der Waals surface area contributed by atoms with Crippen LogP contribution in [0.4, 0.5) is 5.69 Å². The molecule has 2 nitrogen and oxygen atoms in total. The van der Waals surface area contributed by atoms with Gasteiger partial charge in [0.05, 0.1) is 0 Å². The molecule has 96 valence electrons. The molecule has 1 rings (SSSR count). The SMILES string of the molecule is CCNCc1ccc(N(C)CC(C)CC)cc1. The molecular weight excluding hydrogens is 208 g/mol. The van der Waals surface area contributed by atoms with E-state index in [1.807, 2.05) is 0 Å². The van der Waals surface area contributed by atoms with Crippen molar-refractivity contribution in [2.75, 3.05) is 25.0 Å². The highest BCUT2D eigenvalue weighted by atomic mass is 15.1. The van der Waals surface area contributed by atoms with Crippen LogP contribution in [-0.2, 0) is 6.54 Å². The van der Waals surface area contributed by atoms with Crippen LogP contribution in [0, 0.1) is 5.92 Å². The summed E-state index contributed by atoms with van der Waals surface area (Å²) in [5, 5.41) is 3.34. The zero-order valence-electron chi connectivity index (χ0n) is 11.7. The van der Waals surface area contributed by atoms with Crippen molar-refractivity contribution in [1.29, 1.82) is 0 Å². The molecule has 0 amide bonds. The molecule has 0 aliphatic carbocycles. The normalized spacial score (nSPS) is 12.5. The first-order chi connectivity index (χ1) is 8.17. The third-order valence-corrected chi connectivity index (χ3v) is 3.24. The summed E-state index contributed by atoms with van der Waals surface area (Å²) in [6.45, 7) is 9.80. The average molecular weight is 234 g/mol. The van der Waals surface area contributed by atoms with Gasteiger partial charge in [0, 0.05) is 25.8 Å². The zero-order valence-corrected chi connectivity index (χ0v) is 11.7. The van der Waals surface area contributed by atoms with Crippen LogP contribution in [-0.4, -0.2) is 20.1 Å². The second-order valence-electron chi connectivity index (χ2n) is 4.84. The van der Waals surface area contributed by atoms with E-state index >= 15 is 0 Å². The Balaban J connectivity index is 2.54. The topological polar surface area (TPSA) is 15.3 Å². The molecule has 0 radical (unpaired) electrons. The molecule has 1 aromatic carbocycles. The quantitative estimate of drug-likeness (QED) is 0.779. The average Bonchev–Trinajstić information content (AvgIpc) is 2.36. The monoisotopic (exact) mass is 234 g/mol. The Labute approximate surface area is 106 Å². The molecular formula is C15H26N2. The van der Waals surface area contributed by atoms with Gasteiger partial charge in [-0.1, -0.05) is 39.3 Å². The lowest BCUT2D eigenvalue weighted by molar-refractivity contribution is 0.560. The number of nitrogens with zero attached hydrogens (tertiary/aromatic N) is 1. The summed E-state index contributed by atoms with van der Waals surface area (Å²) in [6.07, 6.45) is 1.24. The van der Waals surface area contributed by atoms with Gasteiger partial charge in [0.1, 0.15) is 0 Å². The molecule has 0 spiro atoms. The smallest absolute Gasteiger partial charge is 0.0363 e. The van der Waals surface area contributed by atoms with Gasteiger partial charge >= 0.3 is 0 Å². The number of hydrogen-bond acceptors (Lipinski definition) is 2. The van der Waals surface area contributed by atoms with Gasteiger partial charge in [0.25, 0.3) is 0 Å². The molecule has 1 atom stereocenters. The predicted octanol–water partition coefficient (Wildman–Crippen LogP) is 3.28. The summed E-state index contributed by atoms with van der Waals surface area (Å²) >= 11 is 0. The van der Waals surface area contributed by atoms with Crippen molar-refractivity contribution < 1.29 is 0 Å². The summed E-state index contributed by atoms with van der Waals surface area (Å²) in [5.74, 6) is 0.751. The van der Waals surface area contributed by atoms with Gasteiger partial charge < -0.3 is 10.2 Å². The molecule has 1 unspecified atom stereocenters. The molecule has 0 heterocycles. The molecule has 17 heavy (non-hydrogen) atoms. The number of hydrogen-bond donors (Lipinski definition) is 1. The van der Waals surface area contributed by atoms with Crippen LogP contribution in [0.3, 0.4) is 0 Å². The number of nitrogens with one attached hydrogen (secondary N) is 1. The van der Waals surface area contributed by atoms with Crippen molar-refractivity contribution in [3.8, 4) is 0 Å². The Morgan fingerprint density at radius 3 is 2.35 bits per heavy atom. The third kappa shape index (κ3) is 4.78. The second-order valence-corrected chi connectivity index (χ2v) is 4.84. The van der Waals surface area contributed by atoms with Crippen molar-refractivity contribution in [2.45, 2.75) is 33.7 Å². The van der Waals surface area contributed by atoms with Crippen LogP contribution in [0.5, 0.6) is 0 Å². The van der Waals surface area contributed by atoms with Crippen molar-refractivity contribution in [2.24, 2.45) is 5.92 Å². The number of rotatable bonds is 7. The van der Waals surface area contributed by atoms with Crippen molar-refractivity contribution in [3.63, 3.8) is 0 Å². The van der Waals surface area contributed by atoms with Gasteiger partial charge in [-0.05, 0) is 30.2 Å². The van der Waals surface area contributed by atoms with E-state index in [1.54, 1.807) is 0 Å². The highest BCUT2D eigenvalue weighted by Crippen LogP contribution is 2.16. The Morgan fingerprint density at radius 2 is 1.82 bits per heavy atom. The summed E-state index contributed by atoms with van der Waals surface area (Å²) in [6, 6.07) is 8.86. The van der Waals surface area contributed by atoms with E-state index in [2.05, 4.69) is 62.3 Å². The first kappa shape index (κ1) is 14.0. The zero-order chi connectivity index (χ0) is 12.7. The second kappa shape index (κ2) is 7.33. The molecule has 0 bridgehead atoms. The van der Waals surface area contributed by atoms with Crippen LogP contribution < -0.4 is 10.2 Å². The molecule has 0 saturated carbocycles. The molecule has 0 fully saturated rings. The van der Waals surface area contributed by atoms with Gasteiger partial charge in [-0.2, -0.15) is 0 Å². The highest BCUT2D eigenvalue weighted by molar-refractivity contribution is 5.46. The van der Waals surface area contributed by atoms with Crippen LogP contribution in [0.15, 0.2) is 24.3 Å². The molecule has 0 aliphatic rings. The summed E-state index contributed by atoms with van der Waals surface area (Å²) < 4.78 is 0. The van der Waals surface area contributed by atoms with E-state index in [9.17, 15) is 0 Å². The Bertz CT molecular complexity index is 305. The molecule has 1 N–H and O–H groups in total. The molecule has 2 heteroatoms. The van der Waals surface area contributed by atoms with Gasteiger partial charge in [0.15, 0.2) is 0 Å². The first-order valence-electron chi connectivity index (χ1n) is 6.68. The minimum absolute atomic E-state index is 0.751. The van der Waals surface area contributed by atoms with Gasteiger partial charge in [-0.15, -0.1) is 0 Å². The van der Waals surface area contributed by atoms with E-state index in [-0.39, 0.29) is 0 Å². The fourth-order valence-electron chi connectivity index (χ4n) is 1.84. The van der Waals surface area contributed by atoms with Gasteiger partial charge in [-0.25, -0.2) is 0 Å². The van der Waals surface area contributed by atoms with E-state index in [4.69, 9.17) is 0 Å². The maximum atomic E-state index is 3.34. The number of anilines is 1. The predicted molar refractivity (Wildman–Crippen MR) is 76.5 cm³/mol. The Kier molecular flexibility index (Phi) is 6.06. The summed E-state index contributed by atoms with van der Waals surface area (Å²) in [5.41, 5.74) is 2.66. The maximum Gasteiger partial charge on any atom is 0.0363 e. The summed E-state index contributed by atoms with van der Waals surface area (Å²) in [4.78, 5) is 2.34. The third-order valence-electron chi connectivity index (χ3n) is 3.24. The molecule has 1 aromatic rings. The van der Waals surface area contributed by atoms with Gasteiger partial charge in [0.2, 0.25) is 0 Å². The van der Waals surface area contributed by atoms with E-state index < -0.39 is 0 Å². The van der Waals surface area contributed by atoms with E-state index in [1.165, 1.54) is 17.7 Å². The van der Waals surface area contributed by atoms with Gasteiger partial charge in [-0.3, -0.25) is 0 Å². The highest BCUT2D eigenvalue weighted by Gasteiger charge is 2.05. The van der Waals surface area contributed by atoms with Crippen LogP contribution in [0.25, 0.3) is 0 Å². The minimum Gasteiger partial charge on any atom is -0.374 e. The fraction of sp³-hybridized carbons (Fsp3) is 0.600. The number of benzene rings is 1. The van der Waals surface area contributed by atoms with Crippen molar-refractivity contribution in [1.82, 2.24) is 5.32 Å². The van der Waals surface area contributed by atoms with Crippen molar-refractivity contribution >= 4 is 5.69 Å². The van der Waals surface area contributed by atoms with Crippen LogP contribution in [0.1, 0.15) is 32.8 Å². The van der Waals surface area contributed by atoms with Crippen LogP contribution in [0.2, 0.25) is 0 Å². The van der Waals surface area contributed by atoms with Crippen LogP contribution >= 0.6 is 0 Å². The molecule has 0 aliphatic heterocycles. The van der Waals surface area contributed by atoms with Crippen molar-refractivity contribution in [3.05, 3.63) is 29.8 Å². The fourth-order valence-corrected chi connectivity index (χ4v) is 1.84. The lowest BCUT2D eigenvalue weighted by Gasteiger charge is -2.23. The largest absolute Gasteiger partial charge is 0.374 e. The Morgan fingerprint density at radius 1 is 1.18 bits per heavy atom. The molecule has 0 aromatic heterocycles. The Hall–Kier alpha value is -1.02. The first-order valence-corrected chi connectivity index (χ1v) is 6.68. The maximum absolute atomic E-state index is 3.34. The lowest BCUT2D eigenvalue weighted by Crippen LogP contribution is -2.23. The summed E-state index contributed by atoms with van der Waals surface area (Å²) in [7, 11) is 2.17. The lowest BCUT2D eigenvalue weighted by atomic mass is 10.1. The van der Waals surface area contributed by atoms with E-state index in [0.717, 1.165) is 25.6 Å².